The Morgan fingerprint density at radius 1 is 1.12 bits per heavy atom. The SMILES string of the molecule is CCN(CCCn1c(=O)c(-c2c(Cl)c(OC)cc(OC)c2Cl)cc2cnc(NCC3CC3)nc21)CCN(C)CO. The molecule has 0 radical (unpaired) electrons. The first kappa shape index (κ1) is 30.3. The van der Waals surface area contributed by atoms with Crippen LogP contribution in [0.25, 0.3) is 22.2 Å². The minimum atomic E-state index is -0.262. The lowest BCUT2D eigenvalue weighted by Crippen LogP contribution is -2.35. The molecule has 0 aliphatic heterocycles. The lowest BCUT2D eigenvalue weighted by molar-refractivity contribution is 0.118. The van der Waals surface area contributed by atoms with Crippen molar-refractivity contribution in [1.82, 2.24) is 24.3 Å². The number of aryl methyl sites for hydroxylation is 1. The van der Waals surface area contributed by atoms with E-state index in [1.807, 2.05) is 11.9 Å². The quantitative estimate of drug-likeness (QED) is 0.251. The number of benzene rings is 1. The summed E-state index contributed by atoms with van der Waals surface area (Å²) in [5.41, 5.74) is 0.950. The van der Waals surface area contributed by atoms with E-state index in [2.05, 4.69) is 22.1 Å². The third-order valence-corrected chi connectivity index (χ3v) is 8.01. The molecule has 2 aromatic heterocycles. The molecule has 1 saturated carbocycles. The molecule has 1 aliphatic carbocycles. The van der Waals surface area contributed by atoms with Crippen LogP contribution in [0, 0.1) is 5.92 Å². The summed E-state index contributed by atoms with van der Waals surface area (Å²) in [6, 6.07) is 3.33. The van der Waals surface area contributed by atoms with Crippen LogP contribution in [0.5, 0.6) is 11.5 Å². The molecule has 1 fully saturated rings. The van der Waals surface area contributed by atoms with Gasteiger partial charge >= 0.3 is 0 Å². The Bertz CT molecular complexity index is 1350. The number of pyridine rings is 1. The van der Waals surface area contributed by atoms with Crippen LogP contribution in [0.3, 0.4) is 0 Å². The summed E-state index contributed by atoms with van der Waals surface area (Å²) >= 11 is 13.4. The molecule has 4 rings (SSSR count). The number of nitrogens with one attached hydrogen (secondary N) is 1. The zero-order valence-corrected chi connectivity index (χ0v) is 25.1. The summed E-state index contributed by atoms with van der Waals surface area (Å²) in [6.45, 7) is 6.58. The number of nitrogens with zero attached hydrogens (tertiary/aromatic N) is 5. The molecule has 12 heteroatoms. The fraction of sp³-hybridized carbons (Fsp3) is 0.536. The molecule has 0 saturated heterocycles. The normalized spacial score (nSPS) is 13.4. The van der Waals surface area contributed by atoms with Gasteiger partial charge in [0.2, 0.25) is 5.95 Å². The minimum Gasteiger partial charge on any atom is -0.495 e. The Labute approximate surface area is 244 Å². The van der Waals surface area contributed by atoms with E-state index in [1.165, 1.54) is 27.1 Å². The summed E-state index contributed by atoms with van der Waals surface area (Å²) < 4.78 is 12.6. The van der Waals surface area contributed by atoms with E-state index in [1.54, 1.807) is 22.9 Å². The molecule has 1 aliphatic rings. The zero-order valence-electron chi connectivity index (χ0n) is 23.5. The number of aliphatic hydroxyl groups is 1. The average molecular weight is 594 g/mol. The number of aliphatic hydroxyl groups excluding tert-OH is 1. The van der Waals surface area contributed by atoms with Crippen molar-refractivity contribution in [2.24, 2.45) is 5.92 Å². The number of ether oxygens (including phenoxy) is 2. The molecular formula is C28H38Cl2N6O4. The number of likely N-dealkylation sites (N-methyl/N-ethyl adjacent to an activating group) is 2. The summed E-state index contributed by atoms with van der Waals surface area (Å²) in [5.74, 6) is 1.86. The van der Waals surface area contributed by atoms with Crippen molar-refractivity contribution in [3.63, 3.8) is 0 Å². The maximum atomic E-state index is 14.1. The number of anilines is 1. The van der Waals surface area contributed by atoms with E-state index >= 15 is 0 Å². The third-order valence-electron chi connectivity index (χ3n) is 7.26. The van der Waals surface area contributed by atoms with Gasteiger partial charge in [0.25, 0.3) is 5.56 Å². The number of rotatable bonds is 15. The molecule has 0 bridgehead atoms. The number of hydrogen-bond acceptors (Lipinski definition) is 9. The summed E-state index contributed by atoms with van der Waals surface area (Å²) in [6.07, 6.45) is 4.86. The van der Waals surface area contributed by atoms with Crippen LogP contribution in [0.1, 0.15) is 26.2 Å². The molecule has 0 atom stereocenters. The van der Waals surface area contributed by atoms with Gasteiger partial charge in [0.05, 0.1) is 36.6 Å². The lowest BCUT2D eigenvalue weighted by atomic mass is 10.0. The van der Waals surface area contributed by atoms with Gasteiger partial charge in [-0.25, -0.2) is 4.98 Å². The van der Waals surface area contributed by atoms with Crippen molar-refractivity contribution in [2.75, 3.05) is 66.0 Å². The third kappa shape index (κ3) is 6.98. The molecule has 0 spiro atoms. The predicted octanol–water partition coefficient (Wildman–Crippen LogP) is 4.20. The zero-order chi connectivity index (χ0) is 28.8. The number of hydrogen-bond donors (Lipinski definition) is 2. The second-order valence-corrected chi connectivity index (χ2v) is 10.9. The van der Waals surface area contributed by atoms with E-state index in [-0.39, 0.29) is 22.3 Å². The van der Waals surface area contributed by atoms with Gasteiger partial charge < -0.3 is 24.8 Å². The monoisotopic (exact) mass is 592 g/mol. The standard InChI is InChI=1S/C28H38Cl2N6O4/c1-5-35(12-11-34(2)17-37)9-6-10-36-26-19(16-32-28(33-26)31-15-18-7-8-18)13-20(27(36)38)23-24(29)21(39-3)14-22(40-4)25(23)30/h13-14,16,18,37H,5-12,15,17H2,1-4H3,(H,31,32,33). The van der Waals surface area contributed by atoms with E-state index < -0.39 is 0 Å². The van der Waals surface area contributed by atoms with Crippen LogP contribution < -0.4 is 20.3 Å². The Morgan fingerprint density at radius 2 is 1.82 bits per heavy atom. The maximum Gasteiger partial charge on any atom is 0.260 e. The van der Waals surface area contributed by atoms with E-state index in [0.29, 0.717) is 58.5 Å². The highest BCUT2D eigenvalue weighted by atomic mass is 35.5. The van der Waals surface area contributed by atoms with Crippen molar-refractivity contribution in [3.05, 3.63) is 38.7 Å². The second kappa shape index (κ2) is 13.8. The molecule has 0 unspecified atom stereocenters. The summed E-state index contributed by atoms with van der Waals surface area (Å²) in [7, 11) is 4.88. The maximum absolute atomic E-state index is 14.1. The Balaban J connectivity index is 1.74. The van der Waals surface area contributed by atoms with Gasteiger partial charge in [-0.05, 0) is 51.4 Å². The first-order valence-corrected chi connectivity index (χ1v) is 14.3. The molecule has 1 aromatic carbocycles. The van der Waals surface area contributed by atoms with Crippen LogP contribution in [-0.2, 0) is 6.54 Å². The number of aromatic nitrogens is 3. The summed E-state index contributed by atoms with van der Waals surface area (Å²) in [4.78, 5) is 27.5. The fourth-order valence-corrected chi connectivity index (χ4v) is 5.28. The molecular weight excluding hydrogens is 555 g/mol. The highest BCUT2D eigenvalue weighted by molar-refractivity contribution is 6.41. The lowest BCUT2D eigenvalue weighted by Gasteiger charge is -2.23. The Kier molecular flexibility index (Phi) is 10.5. The molecule has 40 heavy (non-hydrogen) atoms. The van der Waals surface area contributed by atoms with Crippen molar-refractivity contribution in [1.29, 1.82) is 0 Å². The second-order valence-electron chi connectivity index (χ2n) is 10.1. The van der Waals surface area contributed by atoms with E-state index in [4.69, 9.17) is 37.7 Å². The first-order chi connectivity index (χ1) is 19.3. The van der Waals surface area contributed by atoms with E-state index in [0.717, 1.165) is 32.7 Å². The van der Waals surface area contributed by atoms with Crippen molar-refractivity contribution < 1.29 is 14.6 Å². The largest absolute Gasteiger partial charge is 0.495 e. The van der Waals surface area contributed by atoms with Crippen LogP contribution in [0.4, 0.5) is 5.95 Å². The fourth-order valence-electron chi connectivity index (χ4n) is 4.57. The highest BCUT2D eigenvalue weighted by Gasteiger charge is 2.24. The van der Waals surface area contributed by atoms with E-state index in [9.17, 15) is 9.90 Å². The van der Waals surface area contributed by atoms with Crippen LogP contribution in [0.15, 0.2) is 23.1 Å². The molecule has 10 nitrogen and oxygen atoms in total. The van der Waals surface area contributed by atoms with Crippen LogP contribution in [0.2, 0.25) is 10.0 Å². The number of halogens is 2. The van der Waals surface area contributed by atoms with Crippen LogP contribution in [-0.4, -0.2) is 90.2 Å². The van der Waals surface area contributed by atoms with Crippen LogP contribution >= 0.6 is 23.2 Å². The van der Waals surface area contributed by atoms with Gasteiger partial charge in [-0.3, -0.25) is 14.3 Å². The Hall–Kier alpha value is -2.63. The molecule has 3 aromatic rings. The summed E-state index contributed by atoms with van der Waals surface area (Å²) in [5, 5.41) is 13.8. The first-order valence-electron chi connectivity index (χ1n) is 13.6. The molecule has 2 N–H and O–H groups in total. The van der Waals surface area contributed by atoms with Gasteiger partial charge in [0.1, 0.15) is 17.1 Å². The number of fused-ring (bicyclic) bond motifs is 1. The van der Waals surface area contributed by atoms with Gasteiger partial charge in [0.15, 0.2) is 0 Å². The van der Waals surface area contributed by atoms with Gasteiger partial charge in [-0.2, -0.15) is 4.98 Å². The van der Waals surface area contributed by atoms with Crippen molar-refractivity contribution >= 4 is 40.2 Å². The van der Waals surface area contributed by atoms with Crippen molar-refractivity contribution in [3.8, 4) is 22.6 Å². The molecule has 0 amide bonds. The minimum absolute atomic E-state index is 0.0166. The molecule has 2 heterocycles. The topological polar surface area (TPSA) is 105 Å². The highest BCUT2D eigenvalue weighted by Crippen LogP contribution is 2.45. The number of methoxy groups -OCH3 is 2. The van der Waals surface area contributed by atoms with Gasteiger partial charge in [-0.1, -0.05) is 30.1 Å². The smallest absolute Gasteiger partial charge is 0.260 e. The van der Waals surface area contributed by atoms with Gasteiger partial charge in [0, 0.05) is 49.4 Å². The van der Waals surface area contributed by atoms with Crippen molar-refractivity contribution in [2.45, 2.75) is 32.7 Å². The Morgan fingerprint density at radius 3 is 2.42 bits per heavy atom. The molecule has 218 valence electrons. The van der Waals surface area contributed by atoms with Gasteiger partial charge in [-0.15, -0.1) is 0 Å². The average Bonchev–Trinajstić information content (AvgIpc) is 3.80. The predicted molar refractivity (Wildman–Crippen MR) is 160 cm³/mol.